The van der Waals surface area contributed by atoms with E-state index in [1.54, 1.807) is 19.9 Å². The molecule has 3 heteroatoms. The van der Waals surface area contributed by atoms with Gasteiger partial charge in [0.15, 0.2) is 0 Å². The second-order valence-electron chi connectivity index (χ2n) is 2.95. The Morgan fingerprint density at radius 3 is 2.00 bits per heavy atom. The summed E-state index contributed by atoms with van der Waals surface area (Å²) in [6.45, 7) is 9.94. The smallest absolute Gasteiger partial charge is 0.305 e. The first-order valence-electron chi connectivity index (χ1n) is 6.02. The molecule has 0 heterocycles. The zero-order valence-electron chi connectivity index (χ0n) is 11.5. The minimum Gasteiger partial charge on any atom is -0.508 e. The Bertz CT molecular complexity index is 274. The average Bonchev–Trinajstić information content (AvgIpc) is 2.36. The lowest BCUT2D eigenvalue weighted by atomic mass is 10.2. The van der Waals surface area contributed by atoms with Crippen LogP contribution in [0.25, 0.3) is 0 Å². The van der Waals surface area contributed by atoms with Crippen molar-refractivity contribution in [2.75, 3.05) is 6.61 Å². The van der Waals surface area contributed by atoms with Gasteiger partial charge < -0.3 is 9.84 Å². The van der Waals surface area contributed by atoms with Gasteiger partial charge in [0.2, 0.25) is 0 Å². The van der Waals surface area contributed by atoms with Crippen molar-refractivity contribution in [3.63, 3.8) is 0 Å². The molecule has 0 unspecified atom stereocenters. The molecule has 1 aromatic carbocycles. The van der Waals surface area contributed by atoms with Crippen LogP contribution in [0.4, 0.5) is 0 Å². The molecule has 0 atom stereocenters. The number of esters is 1. The molecule has 0 radical (unpaired) electrons. The van der Waals surface area contributed by atoms with Crippen molar-refractivity contribution in [1.29, 1.82) is 0 Å². The highest BCUT2D eigenvalue weighted by Crippen LogP contribution is 2.12. The highest BCUT2D eigenvalue weighted by Gasteiger charge is 1.91. The Morgan fingerprint density at radius 1 is 1.24 bits per heavy atom. The van der Waals surface area contributed by atoms with Crippen LogP contribution in [-0.4, -0.2) is 17.7 Å². The standard InChI is InChI=1S/C7H8O.C5H10O2.C2H6/c1-6-4-2-3-5-7(6)8;1-3-5(6)7-4-2;1-2/h2-5,8H,1H3;3-4H2,1-2H3;1-2H3. The lowest BCUT2D eigenvalue weighted by Gasteiger charge is -1.93. The first-order valence-corrected chi connectivity index (χ1v) is 6.02. The van der Waals surface area contributed by atoms with Gasteiger partial charge >= 0.3 is 5.97 Å². The number of para-hydroxylation sites is 1. The molecule has 17 heavy (non-hydrogen) atoms. The topological polar surface area (TPSA) is 46.5 Å². The van der Waals surface area contributed by atoms with E-state index < -0.39 is 0 Å². The van der Waals surface area contributed by atoms with Crippen LogP contribution in [-0.2, 0) is 9.53 Å². The van der Waals surface area contributed by atoms with E-state index in [0.717, 1.165) is 5.56 Å². The molecule has 0 aliphatic heterocycles. The molecule has 0 saturated heterocycles. The summed E-state index contributed by atoms with van der Waals surface area (Å²) in [6, 6.07) is 7.25. The number of hydrogen-bond acceptors (Lipinski definition) is 3. The maximum Gasteiger partial charge on any atom is 0.305 e. The van der Waals surface area contributed by atoms with E-state index in [4.69, 9.17) is 5.11 Å². The summed E-state index contributed by atoms with van der Waals surface area (Å²) in [5.74, 6) is 0.245. The molecular weight excluding hydrogens is 216 g/mol. The van der Waals surface area contributed by atoms with Gasteiger partial charge in [-0.3, -0.25) is 4.79 Å². The third-order valence-electron chi connectivity index (χ3n) is 1.71. The van der Waals surface area contributed by atoms with Gasteiger partial charge in [-0.15, -0.1) is 0 Å². The largest absolute Gasteiger partial charge is 0.508 e. The zero-order chi connectivity index (χ0) is 13.7. The maximum absolute atomic E-state index is 10.2. The molecule has 0 aliphatic rings. The lowest BCUT2D eigenvalue weighted by molar-refractivity contribution is -0.142. The lowest BCUT2D eigenvalue weighted by Crippen LogP contribution is -2.00. The van der Waals surface area contributed by atoms with Crippen molar-refractivity contribution >= 4 is 5.97 Å². The minimum atomic E-state index is -0.123. The summed E-state index contributed by atoms with van der Waals surface area (Å²) in [4.78, 5) is 10.2. The van der Waals surface area contributed by atoms with Crippen molar-refractivity contribution in [2.45, 2.75) is 41.0 Å². The number of carbonyl (C=O) groups is 1. The second kappa shape index (κ2) is 12.6. The summed E-state index contributed by atoms with van der Waals surface area (Å²) in [5, 5.41) is 8.92. The quantitative estimate of drug-likeness (QED) is 0.802. The fourth-order valence-corrected chi connectivity index (χ4v) is 0.826. The molecule has 0 spiro atoms. The SMILES string of the molecule is CC.CCOC(=O)CC.Cc1ccccc1O. The van der Waals surface area contributed by atoms with Crippen molar-refractivity contribution in [3.8, 4) is 5.75 Å². The molecule has 98 valence electrons. The Labute approximate surface area is 104 Å². The average molecular weight is 240 g/mol. The van der Waals surface area contributed by atoms with E-state index in [-0.39, 0.29) is 5.97 Å². The molecular formula is C14H24O3. The van der Waals surface area contributed by atoms with Crippen LogP contribution in [0.5, 0.6) is 5.75 Å². The summed E-state index contributed by atoms with van der Waals surface area (Å²) < 4.78 is 4.55. The number of carbonyl (C=O) groups excluding carboxylic acids is 1. The van der Waals surface area contributed by atoms with Crippen molar-refractivity contribution in [3.05, 3.63) is 29.8 Å². The van der Waals surface area contributed by atoms with E-state index in [0.29, 0.717) is 18.8 Å². The van der Waals surface area contributed by atoms with Crippen LogP contribution in [0.15, 0.2) is 24.3 Å². The Morgan fingerprint density at radius 2 is 1.76 bits per heavy atom. The number of phenols is 1. The number of hydrogen-bond donors (Lipinski definition) is 1. The van der Waals surface area contributed by atoms with Crippen molar-refractivity contribution < 1.29 is 14.6 Å². The molecule has 1 N–H and O–H groups in total. The first kappa shape index (κ1) is 17.9. The van der Waals surface area contributed by atoms with Gasteiger partial charge in [-0.25, -0.2) is 0 Å². The maximum atomic E-state index is 10.2. The van der Waals surface area contributed by atoms with Crippen LogP contribution in [0, 0.1) is 6.92 Å². The summed E-state index contributed by atoms with van der Waals surface area (Å²) in [7, 11) is 0. The van der Waals surface area contributed by atoms with E-state index in [1.165, 1.54) is 0 Å². The summed E-state index contributed by atoms with van der Waals surface area (Å²) in [5.41, 5.74) is 0.924. The fourth-order valence-electron chi connectivity index (χ4n) is 0.826. The second-order valence-corrected chi connectivity index (χ2v) is 2.95. The number of phenolic OH excluding ortho intramolecular Hbond substituents is 1. The normalized spacial score (nSPS) is 8.06. The van der Waals surface area contributed by atoms with E-state index >= 15 is 0 Å². The van der Waals surface area contributed by atoms with Crippen LogP contribution in [0.1, 0.15) is 39.7 Å². The number of benzene rings is 1. The van der Waals surface area contributed by atoms with Crippen molar-refractivity contribution in [2.24, 2.45) is 0 Å². The van der Waals surface area contributed by atoms with E-state index in [2.05, 4.69) is 4.74 Å². The Hall–Kier alpha value is -1.51. The van der Waals surface area contributed by atoms with Crippen LogP contribution in [0.2, 0.25) is 0 Å². The van der Waals surface area contributed by atoms with Crippen LogP contribution >= 0.6 is 0 Å². The van der Waals surface area contributed by atoms with Crippen LogP contribution < -0.4 is 0 Å². The first-order chi connectivity index (χ1) is 8.11. The molecule has 0 aliphatic carbocycles. The molecule has 1 aromatic rings. The summed E-state index contributed by atoms with van der Waals surface area (Å²) in [6.07, 6.45) is 0.480. The molecule has 0 amide bonds. The highest BCUT2D eigenvalue weighted by molar-refractivity contribution is 5.68. The zero-order valence-corrected chi connectivity index (χ0v) is 11.5. The van der Waals surface area contributed by atoms with Crippen LogP contribution in [0.3, 0.4) is 0 Å². The van der Waals surface area contributed by atoms with E-state index in [9.17, 15) is 4.79 Å². The Balaban J connectivity index is 0. The fraction of sp³-hybridized carbons (Fsp3) is 0.500. The van der Waals surface area contributed by atoms with Gasteiger partial charge in [-0.1, -0.05) is 39.0 Å². The molecule has 0 fully saturated rings. The number of ether oxygens (including phenoxy) is 1. The van der Waals surface area contributed by atoms with Gasteiger partial charge in [-0.2, -0.15) is 0 Å². The van der Waals surface area contributed by atoms with Gasteiger partial charge in [0.1, 0.15) is 5.75 Å². The summed E-state index contributed by atoms with van der Waals surface area (Å²) >= 11 is 0. The third-order valence-corrected chi connectivity index (χ3v) is 1.71. The number of aryl methyl sites for hydroxylation is 1. The minimum absolute atomic E-state index is 0.123. The molecule has 0 saturated carbocycles. The molecule has 0 aromatic heterocycles. The van der Waals surface area contributed by atoms with Gasteiger partial charge in [0.25, 0.3) is 0 Å². The number of aromatic hydroxyl groups is 1. The molecule has 3 nitrogen and oxygen atoms in total. The van der Waals surface area contributed by atoms with Gasteiger partial charge in [0.05, 0.1) is 6.61 Å². The predicted molar refractivity (Wildman–Crippen MR) is 71.1 cm³/mol. The monoisotopic (exact) mass is 240 g/mol. The van der Waals surface area contributed by atoms with Crippen molar-refractivity contribution in [1.82, 2.24) is 0 Å². The predicted octanol–water partition coefficient (Wildman–Crippen LogP) is 3.69. The highest BCUT2D eigenvalue weighted by atomic mass is 16.5. The third kappa shape index (κ3) is 10.8. The Kier molecular flexibility index (Phi) is 13.2. The molecule has 1 rings (SSSR count). The number of rotatable bonds is 2. The molecule has 0 bridgehead atoms. The van der Waals surface area contributed by atoms with E-state index in [1.807, 2.05) is 39.0 Å². The van der Waals surface area contributed by atoms with Gasteiger partial charge in [0, 0.05) is 6.42 Å². The van der Waals surface area contributed by atoms with Gasteiger partial charge in [-0.05, 0) is 25.5 Å².